The van der Waals surface area contributed by atoms with E-state index in [-0.39, 0.29) is 0 Å². The van der Waals surface area contributed by atoms with Crippen LogP contribution < -0.4 is 0 Å². The molecule has 1 aliphatic heterocycles. The first-order valence-electron chi connectivity index (χ1n) is 18.1. The van der Waals surface area contributed by atoms with Crippen LogP contribution in [0.1, 0.15) is 181 Å². The Morgan fingerprint density at radius 2 is 1.18 bits per heavy atom. The van der Waals surface area contributed by atoms with E-state index in [2.05, 4.69) is 39.3 Å². The van der Waals surface area contributed by atoms with Crippen molar-refractivity contribution in [3.63, 3.8) is 0 Å². The lowest BCUT2D eigenvalue weighted by Crippen LogP contribution is -2.31. The molecule has 0 aromatic rings. The van der Waals surface area contributed by atoms with E-state index < -0.39 is 0 Å². The highest BCUT2D eigenvalue weighted by molar-refractivity contribution is 5.78. The van der Waals surface area contributed by atoms with E-state index in [1.807, 2.05) is 0 Å². The van der Waals surface area contributed by atoms with Crippen molar-refractivity contribution in [1.29, 1.82) is 0 Å². The van der Waals surface area contributed by atoms with Crippen molar-refractivity contribution >= 4 is 5.78 Å². The minimum Gasteiger partial charge on any atom is -0.495 e. The lowest BCUT2D eigenvalue weighted by Gasteiger charge is -2.32. The van der Waals surface area contributed by atoms with Gasteiger partial charge in [0.2, 0.25) is 0 Å². The van der Waals surface area contributed by atoms with Crippen LogP contribution in [0.15, 0.2) is 12.3 Å². The van der Waals surface area contributed by atoms with Crippen LogP contribution in [0.3, 0.4) is 0 Å². The normalized spacial score (nSPS) is 16.2. The fraction of sp³-hybridized carbons (Fsp3) is 0.919. The zero-order valence-corrected chi connectivity index (χ0v) is 27.8. The molecule has 3 nitrogen and oxygen atoms in total. The number of ether oxygens (including phenoxy) is 1. The number of carbonyl (C=O) groups is 1. The molecule has 0 N–H and O–H groups in total. The van der Waals surface area contributed by atoms with Crippen molar-refractivity contribution in [3.8, 4) is 0 Å². The quantitative estimate of drug-likeness (QED) is 0.0702. The highest BCUT2D eigenvalue weighted by Gasteiger charge is 2.22. The van der Waals surface area contributed by atoms with E-state index in [4.69, 9.17) is 4.74 Å². The van der Waals surface area contributed by atoms with Gasteiger partial charge in [-0.15, -0.1) is 0 Å². The van der Waals surface area contributed by atoms with Gasteiger partial charge in [0, 0.05) is 18.8 Å². The van der Waals surface area contributed by atoms with E-state index >= 15 is 0 Å². The molecule has 0 bridgehead atoms. The van der Waals surface area contributed by atoms with Gasteiger partial charge in [-0.1, -0.05) is 130 Å². The number of unbranched alkanes of at least 4 members (excludes halogenated alkanes) is 13. The number of allylic oxidation sites excluding steroid dienone is 1. The average Bonchev–Trinajstić information content (AvgIpc) is 2.95. The molecule has 1 fully saturated rings. The Balaban J connectivity index is 2.33. The summed E-state index contributed by atoms with van der Waals surface area (Å²) >= 11 is 0. The Labute approximate surface area is 251 Å². The minimum absolute atomic E-state index is 0.330. The summed E-state index contributed by atoms with van der Waals surface area (Å²) in [6.45, 7) is 13.5. The number of rotatable bonds is 28. The number of hydrogen-bond donors (Lipinski definition) is 0. The van der Waals surface area contributed by atoms with Crippen LogP contribution in [-0.4, -0.2) is 36.9 Å². The monoisotopic (exact) mass is 562 g/mol. The molecule has 236 valence electrons. The number of carbonyl (C=O) groups excluding carboxylic acids is 1. The van der Waals surface area contributed by atoms with Gasteiger partial charge in [0.25, 0.3) is 0 Å². The van der Waals surface area contributed by atoms with Gasteiger partial charge in [-0.25, -0.2) is 0 Å². The average molecular weight is 562 g/mol. The van der Waals surface area contributed by atoms with Gasteiger partial charge >= 0.3 is 0 Å². The van der Waals surface area contributed by atoms with Gasteiger partial charge in [0.05, 0.1) is 11.9 Å². The Hall–Kier alpha value is -0.830. The fourth-order valence-electron chi connectivity index (χ4n) is 6.40. The summed E-state index contributed by atoms with van der Waals surface area (Å²) in [5.74, 6) is 2.74. The summed E-state index contributed by atoms with van der Waals surface area (Å²) in [7, 11) is 2.22. The van der Waals surface area contributed by atoms with E-state index in [0.29, 0.717) is 23.7 Å². The third-order valence-corrected chi connectivity index (χ3v) is 9.30. The largest absolute Gasteiger partial charge is 0.495 e. The van der Waals surface area contributed by atoms with E-state index in [0.717, 1.165) is 44.5 Å². The first-order chi connectivity index (χ1) is 19.5. The van der Waals surface area contributed by atoms with Crippen LogP contribution in [0, 0.1) is 11.8 Å². The zero-order chi connectivity index (χ0) is 29.3. The second kappa shape index (κ2) is 25.8. The molecule has 1 aliphatic rings. The van der Waals surface area contributed by atoms with E-state index in [1.165, 1.54) is 135 Å². The van der Waals surface area contributed by atoms with Gasteiger partial charge in [-0.3, -0.25) is 4.79 Å². The zero-order valence-electron chi connectivity index (χ0n) is 27.8. The lowest BCUT2D eigenvalue weighted by atomic mass is 9.89. The van der Waals surface area contributed by atoms with Crippen molar-refractivity contribution < 1.29 is 9.53 Å². The molecule has 0 aliphatic carbocycles. The van der Waals surface area contributed by atoms with Crippen LogP contribution in [0.2, 0.25) is 0 Å². The summed E-state index contributed by atoms with van der Waals surface area (Å²) in [5, 5.41) is 0. The topological polar surface area (TPSA) is 29.5 Å². The summed E-state index contributed by atoms with van der Waals surface area (Å²) < 4.78 is 6.57. The molecule has 2 atom stereocenters. The molecule has 0 saturated carbocycles. The van der Waals surface area contributed by atoms with Crippen LogP contribution in [0.5, 0.6) is 0 Å². The predicted molar refractivity (Wildman–Crippen MR) is 176 cm³/mol. The van der Waals surface area contributed by atoms with Crippen LogP contribution >= 0.6 is 0 Å². The smallest absolute Gasteiger partial charge is 0.133 e. The SMILES string of the molecule is C=C(OC(CCCCCCCCC)CCCCCCC(=O)CC(CCCC)CCCCCC)C1CCN(C)CC1. The summed E-state index contributed by atoms with van der Waals surface area (Å²) in [6, 6.07) is 0. The van der Waals surface area contributed by atoms with Crippen molar-refractivity contribution in [1.82, 2.24) is 4.90 Å². The maximum Gasteiger partial charge on any atom is 0.133 e. The summed E-state index contributed by atoms with van der Waals surface area (Å²) in [6.07, 6.45) is 31.1. The van der Waals surface area contributed by atoms with Crippen LogP contribution in [0.4, 0.5) is 0 Å². The number of ketones is 1. The number of hydrogen-bond acceptors (Lipinski definition) is 3. The Morgan fingerprint density at radius 1 is 0.700 bits per heavy atom. The Kier molecular flexibility index (Phi) is 24.0. The highest BCUT2D eigenvalue weighted by atomic mass is 16.5. The fourth-order valence-corrected chi connectivity index (χ4v) is 6.40. The first kappa shape index (κ1) is 37.2. The van der Waals surface area contributed by atoms with E-state index in [1.54, 1.807) is 0 Å². The van der Waals surface area contributed by atoms with Gasteiger partial charge in [-0.05, 0) is 71.0 Å². The second-order valence-corrected chi connectivity index (χ2v) is 13.2. The standard InChI is InChI=1S/C37H71NO2/c1-6-9-12-14-15-16-21-26-37(40-33(4)35-28-30-38(5)31-29-35)27-22-18-17-20-25-36(39)32-34(23-11-8-3)24-19-13-10-7-2/h34-35,37H,4,6-32H2,1-3,5H3. The lowest BCUT2D eigenvalue weighted by molar-refractivity contribution is -0.120. The Bertz CT molecular complexity index is 595. The number of Topliss-reactive ketones (excluding diaryl/α,β-unsaturated/α-hetero) is 1. The number of likely N-dealkylation sites (tertiary alicyclic amines) is 1. The van der Waals surface area contributed by atoms with Crippen molar-refractivity contribution in [2.24, 2.45) is 11.8 Å². The van der Waals surface area contributed by atoms with Crippen LogP contribution in [-0.2, 0) is 9.53 Å². The van der Waals surface area contributed by atoms with Gasteiger partial charge in [-0.2, -0.15) is 0 Å². The van der Waals surface area contributed by atoms with Crippen molar-refractivity contribution in [2.45, 2.75) is 187 Å². The molecule has 0 radical (unpaired) electrons. The maximum absolute atomic E-state index is 12.7. The molecule has 1 saturated heterocycles. The predicted octanol–water partition coefficient (Wildman–Crippen LogP) is 11.4. The van der Waals surface area contributed by atoms with Crippen LogP contribution in [0.25, 0.3) is 0 Å². The second-order valence-electron chi connectivity index (χ2n) is 13.2. The molecule has 0 aromatic heterocycles. The Morgan fingerprint density at radius 3 is 1.77 bits per heavy atom. The number of piperidine rings is 1. The molecule has 1 heterocycles. The molecule has 2 unspecified atom stereocenters. The molecule has 40 heavy (non-hydrogen) atoms. The molecular weight excluding hydrogens is 490 g/mol. The molecule has 3 heteroatoms. The van der Waals surface area contributed by atoms with Crippen molar-refractivity contribution in [3.05, 3.63) is 12.3 Å². The van der Waals surface area contributed by atoms with Gasteiger partial charge < -0.3 is 9.64 Å². The molecule has 0 amide bonds. The molecular formula is C37H71NO2. The molecule has 0 spiro atoms. The summed E-state index contributed by atoms with van der Waals surface area (Å²) in [4.78, 5) is 15.2. The van der Waals surface area contributed by atoms with Gasteiger partial charge in [0.15, 0.2) is 0 Å². The maximum atomic E-state index is 12.7. The third kappa shape index (κ3) is 20.1. The summed E-state index contributed by atoms with van der Waals surface area (Å²) in [5.41, 5.74) is 0. The van der Waals surface area contributed by atoms with Gasteiger partial charge in [0.1, 0.15) is 5.78 Å². The molecule has 0 aromatic carbocycles. The number of nitrogens with zero attached hydrogens (tertiary/aromatic N) is 1. The highest BCUT2D eigenvalue weighted by Crippen LogP contribution is 2.28. The minimum atomic E-state index is 0.330. The third-order valence-electron chi connectivity index (χ3n) is 9.30. The first-order valence-corrected chi connectivity index (χ1v) is 18.1. The molecule has 1 rings (SSSR count). The van der Waals surface area contributed by atoms with E-state index in [9.17, 15) is 4.79 Å². The van der Waals surface area contributed by atoms with Crippen molar-refractivity contribution in [2.75, 3.05) is 20.1 Å².